The fraction of sp³-hybridized carbons (Fsp3) is 0.267. The Morgan fingerprint density at radius 1 is 1.15 bits per heavy atom. The molecule has 2 aromatic rings. The van der Waals surface area contributed by atoms with Gasteiger partial charge in [-0.3, -0.25) is 4.79 Å². The summed E-state index contributed by atoms with van der Waals surface area (Å²) >= 11 is 3.39. The monoisotopic (exact) mass is 336 g/mol. The number of nitrogen functional groups attached to an aromatic ring is 1. The normalized spacial score (nSPS) is 10.7. The maximum Gasteiger partial charge on any atom is 0.250 e. The van der Waals surface area contributed by atoms with Crippen molar-refractivity contribution in [2.75, 3.05) is 12.3 Å². The molecule has 0 unspecified atom stereocenters. The first-order chi connectivity index (χ1) is 9.65. The molecule has 1 aromatic heterocycles. The van der Waals surface area contributed by atoms with E-state index >= 15 is 0 Å². The minimum Gasteiger partial charge on any atom is -0.398 e. The molecule has 5 heteroatoms. The van der Waals surface area contributed by atoms with Crippen molar-refractivity contribution in [2.24, 2.45) is 0 Å². The zero-order valence-electron chi connectivity index (χ0n) is 11.1. The molecule has 0 spiro atoms. The zero-order chi connectivity index (χ0) is 14.4. The highest BCUT2D eigenvalue weighted by atomic mass is 79.9. The van der Waals surface area contributed by atoms with Gasteiger partial charge in [-0.15, -0.1) is 0 Å². The van der Waals surface area contributed by atoms with Crippen LogP contribution in [0.1, 0.15) is 12.0 Å². The maximum absolute atomic E-state index is 11.6. The van der Waals surface area contributed by atoms with Crippen LogP contribution in [-0.4, -0.2) is 11.2 Å². The molecule has 0 atom stereocenters. The van der Waals surface area contributed by atoms with Crippen molar-refractivity contribution in [3.63, 3.8) is 0 Å². The Morgan fingerprint density at radius 2 is 1.90 bits per heavy atom. The quantitative estimate of drug-likeness (QED) is 0.825. The van der Waals surface area contributed by atoms with E-state index in [2.05, 4.69) is 15.9 Å². The summed E-state index contributed by atoms with van der Waals surface area (Å²) in [5.41, 5.74) is 7.35. The molecule has 0 aliphatic heterocycles. The van der Waals surface area contributed by atoms with E-state index in [1.54, 1.807) is 16.8 Å². The molecule has 4 nitrogen and oxygen atoms in total. The third kappa shape index (κ3) is 4.51. The Morgan fingerprint density at radius 3 is 2.65 bits per heavy atom. The smallest absolute Gasteiger partial charge is 0.250 e. The molecule has 0 saturated heterocycles. The molecule has 0 radical (unpaired) electrons. The molecular weight excluding hydrogens is 320 g/mol. The largest absolute Gasteiger partial charge is 0.398 e. The van der Waals surface area contributed by atoms with Gasteiger partial charge in [0, 0.05) is 35.6 Å². The van der Waals surface area contributed by atoms with Gasteiger partial charge in [-0.05, 0) is 30.2 Å². The van der Waals surface area contributed by atoms with E-state index in [-0.39, 0.29) is 5.56 Å². The lowest BCUT2D eigenvalue weighted by Gasteiger charge is -2.07. The van der Waals surface area contributed by atoms with Gasteiger partial charge in [0.25, 0.3) is 5.56 Å². The molecule has 1 heterocycles. The van der Waals surface area contributed by atoms with Crippen LogP contribution in [0.4, 0.5) is 5.69 Å². The van der Waals surface area contributed by atoms with E-state index in [4.69, 9.17) is 10.5 Å². The second-order valence-electron chi connectivity index (χ2n) is 4.53. The first-order valence-electron chi connectivity index (χ1n) is 6.43. The van der Waals surface area contributed by atoms with Crippen LogP contribution in [0, 0.1) is 0 Å². The number of pyridine rings is 1. The number of hydrogen-bond donors (Lipinski definition) is 1. The van der Waals surface area contributed by atoms with Crippen molar-refractivity contribution in [1.82, 2.24) is 4.57 Å². The highest BCUT2D eigenvalue weighted by Crippen LogP contribution is 2.11. The summed E-state index contributed by atoms with van der Waals surface area (Å²) in [6.45, 7) is 1.81. The lowest BCUT2D eigenvalue weighted by Crippen LogP contribution is -2.19. The van der Waals surface area contributed by atoms with Gasteiger partial charge < -0.3 is 15.0 Å². The minimum absolute atomic E-state index is 0.0351. The first-order valence-corrected chi connectivity index (χ1v) is 7.22. The van der Waals surface area contributed by atoms with E-state index in [0.29, 0.717) is 25.4 Å². The molecule has 1 aromatic carbocycles. The summed E-state index contributed by atoms with van der Waals surface area (Å²) in [6.07, 6.45) is 2.44. The molecule has 0 aliphatic carbocycles. The molecule has 106 valence electrons. The predicted octanol–water partition coefficient (Wildman–Crippen LogP) is 2.80. The maximum atomic E-state index is 11.6. The third-order valence-electron chi connectivity index (χ3n) is 2.88. The second kappa shape index (κ2) is 7.26. The van der Waals surface area contributed by atoms with E-state index in [1.165, 1.54) is 6.07 Å². The van der Waals surface area contributed by atoms with Gasteiger partial charge in [-0.1, -0.05) is 28.1 Å². The second-order valence-corrected chi connectivity index (χ2v) is 5.44. The topological polar surface area (TPSA) is 57.2 Å². The van der Waals surface area contributed by atoms with Crippen molar-refractivity contribution >= 4 is 21.6 Å². The van der Waals surface area contributed by atoms with Crippen molar-refractivity contribution in [3.8, 4) is 0 Å². The Labute approximate surface area is 126 Å². The number of nitrogens with zero attached hydrogens (tertiary/aromatic N) is 1. The average molecular weight is 337 g/mol. The lowest BCUT2D eigenvalue weighted by molar-refractivity contribution is 0.115. The first kappa shape index (κ1) is 14.8. The van der Waals surface area contributed by atoms with Gasteiger partial charge in [0.1, 0.15) is 0 Å². The van der Waals surface area contributed by atoms with Gasteiger partial charge in [0.05, 0.1) is 6.61 Å². The van der Waals surface area contributed by atoms with Gasteiger partial charge in [0.2, 0.25) is 0 Å². The predicted molar refractivity (Wildman–Crippen MR) is 83.5 cm³/mol. The molecule has 2 N–H and O–H groups in total. The zero-order valence-corrected chi connectivity index (χ0v) is 12.7. The third-order valence-corrected chi connectivity index (χ3v) is 3.40. The number of halogens is 1. The number of rotatable bonds is 6. The number of ether oxygens (including phenoxy) is 1. The van der Waals surface area contributed by atoms with Crippen LogP contribution in [-0.2, 0) is 17.9 Å². The van der Waals surface area contributed by atoms with Crippen LogP contribution in [0.5, 0.6) is 0 Å². The highest BCUT2D eigenvalue weighted by molar-refractivity contribution is 9.10. The molecule has 0 fully saturated rings. The Bertz CT molecular complexity index is 608. The van der Waals surface area contributed by atoms with Crippen molar-refractivity contribution in [3.05, 3.63) is 63.0 Å². The van der Waals surface area contributed by atoms with Crippen LogP contribution < -0.4 is 11.3 Å². The number of benzene rings is 1. The Balaban J connectivity index is 1.73. The molecular formula is C15H17BrN2O2. The van der Waals surface area contributed by atoms with Crippen molar-refractivity contribution in [1.29, 1.82) is 0 Å². The van der Waals surface area contributed by atoms with E-state index in [0.717, 1.165) is 16.5 Å². The van der Waals surface area contributed by atoms with Crippen LogP contribution in [0.2, 0.25) is 0 Å². The summed E-state index contributed by atoms with van der Waals surface area (Å²) < 4.78 is 8.26. The fourth-order valence-corrected chi connectivity index (χ4v) is 2.10. The Kier molecular flexibility index (Phi) is 5.38. The average Bonchev–Trinajstić information content (AvgIpc) is 2.44. The van der Waals surface area contributed by atoms with Crippen LogP contribution in [0.3, 0.4) is 0 Å². The Hall–Kier alpha value is -1.59. The summed E-state index contributed by atoms with van der Waals surface area (Å²) in [6, 6.07) is 11.1. The fourth-order valence-electron chi connectivity index (χ4n) is 1.83. The summed E-state index contributed by atoms with van der Waals surface area (Å²) in [4.78, 5) is 11.6. The van der Waals surface area contributed by atoms with E-state index in [9.17, 15) is 4.79 Å². The standard InChI is InChI=1S/C15H17BrN2O2/c16-13-4-2-12(3-5-13)11-20-9-1-8-18-10-14(17)6-7-15(18)19/h2-7,10H,1,8-9,11,17H2. The highest BCUT2D eigenvalue weighted by Gasteiger charge is 1.97. The SMILES string of the molecule is Nc1ccc(=O)n(CCCOCc2ccc(Br)cc2)c1. The van der Waals surface area contributed by atoms with E-state index in [1.807, 2.05) is 24.3 Å². The lowest BCUT2D eigenvalue weighted by atomic mass is 10.2. The van der Waals surface area contributed by atoms with Gasteiger partial charge >= 0.3 is 0 Å². The molecule has 2 rings (SSSR count). The molecule has 0 saturated carbocycles. The number of aromatic nitrogens is 1. The number of nitrogens with two attached hydrogens (primary N) is 1. The summed E-state index contributed by atoms with van der Waals surface area (Å²) in [5.74, 6) is 0. The van der Waals surface area contributed by atoms with Crippen LogP contribution in [0.25, 0.3) is 0 Å². The van der Waals surface area contributed by atoms with Gasteiger partial charge in [0.15, 0.2) is 0 Å². The molecule has 20 heavy (non-hydrogen) atoms. The minimum atomic E-state index is -0.0351. The number of aryl methyl sites for hydroxylation is 1. The van der Waals surface area contributed by atoms with E-state index < -0.39 is 0 Å². The molecule has 0 aliphatic rings. The molecule has 0 bridgehead atoms. The van der Waals surface area contributed by atoms with Gasteiger partial charge in [-0.25, -0.2) is 0 Å². The number of anilines is 1. The number of hydrogen-bond acceptors (Lipinski definition) is 3. The van der Waals surface area contributed by atoms with Gasteiger partial charge in [-0.2, -0.15) is 0 Å². The van der Waals surface area contributed by atoms with Crippen LogP contribution in [0.15, 0.2) is 51.9 Å². The summed E-state index contributed by atoms with van der Waals surface area (Å²) in [7, 11) is 0. The van der Waals surface area contributed by atoms with Crippen molar-refractivity contribution < 1.29 is 4.74 Å². The van der Waals surface area contributed by atoms with Crippen molar-refractivity contribution in [2.45, 2.75) is 19.6 Å². The van der Waals surface area contributed by atoms with Crippen LogP contribution >= 0.6 is 15.9 Å². The summed E-state index contributed by atoms with van der Waals surface area (Å²) in [5, 5.41) is 0. The molecule has 0 amide bonds.